The molecule has 2 saturated heterocycles. The summed E-state index contributed by atoms with van der Waals surface area (Å²) in [4.78, 5) is 90.0. The van der Waals surface area contributed by atoms with Gasteiger partial charge in [0.05, 0.1) is 17.1 Å². The monoisotopic (exact) mass is 1300 g/mol. The van der Waals surface area contributed by atoms with E-state index in [1.807, 2.05) is 71.6 Å². The summed E-state index contributed by atoms with van der Waals surface area (Å²) >= 11 is 0. The first-order chi connectivity index (χ1) is 45.4. The smallest absolute Gasteiger partial charge is 0.480 e. The number of carboxylic acid groups (broad SMARTS) is 4. The largest absolute Gasteiger partial charge is 0.508 e. The van der Waals surface area contributed by atoms with Gasteiger partial charge in [-0.3, -0.25) is 28.9 Å². The maximum Gasteiger partial charge on any atom is 0.508 e. The highest BCUT2D eigenvalue weighted by atomic mass is 19.1. The second kappa shape index (κ2) is 28.4. The van der Waals surface area contributed by atoms with Crippen molar-refractivity contribution in [1.29, 1.82) is 0 Å². The van der Waals surface area contributed by atoms with Gasteiger partial charge in [-0.05, 0) is 104 Å². The molecule has 2 aromatic heterocycles. The first-order valence-corrected chi connectivity index (χ1v) is 31.0. The van der Waals surface area contributed by atoms with Crippen LogP contribution in [0.3, 0.4) is 0 Å². The molecule has 2 fully saturated rings. The van der Waals surface area contributed by atoms with Crippen LogP contribution in [-0.2, 0) is 68.9 Å². The molecule has 23 heteroatoms. The Morgan fingerprint density at radius 3 is 1.74 bits per heavy atom. The number of halogens is 1. The minimum Gasteiger partial charge on any atom is -0.480 e. The van der Waals surface area contributed by atoms with Gasteiger partial charge in [0.15, 0.2) is 10.8 Å². The molecule has 3 unspecified atom stereocenters. The van der Waals surface area contributed by atoms with E-state index in [-0.39, 0.29) is 76.2 Å². The highest BCUT2D eigenvalue weighted by molar-refractivity contribution is 6.07. The van der Waals surface area contributed by atoms with E-state index < -0.39 is 75.6 Å². The van der Waals surface area contributed by atoms with Crippen LogP contribution in [0.1, 0.15) is 83.1 Å². The minimum atomic E-state index is -2.48. The number of benzene rings is 6. The van der Waals surface area contributed by atoms with Gasteiger partial charge in [-0.2, -0.15) is 9.97 Å². The Morgan fingerprint density at radius 2 is 1.20 bits per heavy atom. The van der Waals surface area contributed by atoms with E-state index in [4.69, 9.17) is 28.0 Å². The number of carbonyl (C=O) groups is 6. The summed E-state index contributed by atoms with van der Waals surface area (Å²) in [6.45, 7) is 11.1. The molecular formula is C72H73FN6O16. The van der Waals surface area contributed by atoms with Crippen LogP contribution < -0.4 is 0 Å². The van der Waals surface area contributed by atoms with E-state index in [2.05, 4.69) is 46.3 Å². The highest BCUT2D eigenvalue weighted by Gasteiger charge is 2.72. The van der Waals surface area contributed by atoms with Gasteiger partial charge in [0.1, 0.15) is 24.4 Å². The zero-order valence-electron chi connectivity index (χ0n) is 53.3. The number of carbonyl (C=O) groups excluding carboxylic acids is 2. The van der Waals surface area contributed by atoms with E-state index >= 15 is 4.39 Å². The van der Waals surface area contributed by atoms with Crippen molar-refractivity contribution in [3.63, 3.8) is 0 Å². The lowest BCUT2D eigenvalue weighted by molar-refractivity contribution is -0.200. The molecule has 0 radical (unpaired) electrons. The molecule has 95 heavy (non-hydrogen) atoms. The molecule has 3 aliphatic heterocycles. The fraction of sp³-hybridized carbons (Fsp3) is 0.333. The number of nitrogens with zero attached hydrogens (tertiary/aromatic N) is 6. The molecule has 1 amide bonds. The van der Waals surface area contributed by atoms with Crippen molar-refractivity contribution < 1.29 is 81.6 Å². The highest BCUT2D eigenvalue weighted by Crippen LogP contribution is 2.57. The van der Waals surface area contributed by atoms with Gasteiger partial charge < -0.3 is 53.3 Å². The van der Waals surface area contributed by atoms with Crippen LogP contribution in [-0.4, -0.2) is 125 Å². The molecule has 0 bridgehead atoms. The number of hydrogen-bond donors (Lipinski definition) is 4. The van der Waals surface area contributed by atoms with Crippen molar-refractivity contribution >= 4 is 35.9 Å². The summed E-state index contributed by atoms with van der Waals surface area (Å²) in [6.07, 6.45) is 0.209. The number of hydrogen-bond acceptors (Lipinski definition) is 17. The molecule has 4 N–H and O–H groups in total. The van der Waals surface area contributed by atoms with Gasteiger partial charge >= 0.3 is 30.0 Å². The standard InChI is InChI=1S/C40H34FN3O8.C32H39N3O8/c1-25-21-44(36(45)39(20-31-23-50-24-51-31,19-26-8-4-2-5-9-26)40(25,37(46)47)38(48)49)22-27-12-14-29(15-13-27)34-42-35(52-43-34)30-16-17-32(33(41)18-30)28-10-6-3-7-11-28;1-20(2)16-22-6-12-25(13-7-22)27-33-26(34-43-27)24-10-8-23(9-11-24)17-35-15-14-32(28(36)37,29(38)39)18-31(35,5)19-41-30(40)42-21(3)4/h2-18,23,25H,19-22,24H2,1H3,(H,46,47)(H,48,49);6-13,20-21H,14-19H2,1-5H3,(H,36,37)(H,38,39). The number of amides is 1. The molecule has 0 aliphatic carbocycles. The topological polar surface area (TPSA) is 305 Å². The molecule has 5 heterocycles. The van der Waals surface area contributed by atoms with E-state index in [0.29, 0.717) is 52.0 Å². The summed E-state index contributed by atoms with van der Waals surface area (Å²) in [5.41, 5.74) is -0.247. The molecular weight excluding hydrogens is 1220 g/mol. The van der Waals surface area contributed by atoms with Gasteiger partial charge in [0, 0.05) is 66.3 Å². The van der Waals surface area contributed by atoms with Crippen molar-refractivity contribution in [3.8, 4) is 56.8 Å². The molecule has 22 nitrogen and oxygen atoms in total. The lowest BCUT2D eigenvalue weighted by Gasteiger charge is -2.53. The SMILES string of the molecule is CC(C)Cc1ccc(-c2nc(-c3ccc(CN4CCC(C(=O)O)(C(=O)O)CC4(C)COC(=O)OC(C)C)cc3)no2)cc1.CC1CN(Cc2ccc(-c3noc(-c4ccc(-c5ccccc5)c(F)c4)n3)cc2)C(=O)C(CC2=COCO2)(Cc2ccccc2)C1(C(=O)O)C(=O)O. The normalized spacial score (nSPS) is 19.0. The number of carboxylic acids is 4. The summed E-state index contributed by atoms with van der Waals surface area (Å²) in [5.74, 6) is -5.97. The van der Waals surface area contributed by atoms with Gasteiger partial charge in [-0.15, -0.1) is 0 Å². The molecule has 494 valence electrons. The Hall–Kier alpha value is -10.6. The lowest BCUT2D eigenvalue weighted by Crippen LogP contribution is -2.69. The molecule has 8 aromatic rings. The molecule has 0 saturated carbocycles. The molecule has 3 aliphatic rings. The number of aliphatic carboxylic acids is 4. The predicted molar refractivity (Wildman–Crippen MR) is 342 cm³/mol. The fourth-order valence-electron chi connectivity index (χ4n) is 13.0. The van der Waals surface area contributed by atoms with Gasteiger partial charge in [-0.25, -0.2) is 9.18 Å². The quantitative estimate of drug-likeness (QED) is 0.0362. The van der Waals surface area contributed by atoms with Crippen LogP contribution in [0.15, 0.2) is 173 Å². The zero-order chi connectivity index (χ0) is 67.8. The predicted octanol–water partition coefficient (Wildman–Crippen LogP) is 12.5. The van der Waals surface area contributed by atoms with Crippen LogP contribution in [0.25, 0.3) is 56.8 Å². The van der Waals surface area contributed by atoms with Crippen LogP contribution >= 0.6 is 0 Å². The first kappa shape index (κ1) is 67.3. The van der Waals surface area contributed by atoms with Gasteiger partial charge in [0.25, 0.3) is 11.8 Å². The molecule has 0 spiro atoms. The van der Waals surface area contributed by atoms with Crippen LogP contribution in [0.4, 0.5) is 9.18 Å². The van der Waals surface area contributed by atoms with Crippen molar-refractivity contribution in [3.05, 3.63) is 192 Å². The van der Waals surface area contributed by atoms with E-state index in [9.17, 15) is 49.2 Å². The summed E-state index contributed by atoms with van der Waals surface area (Å²) < 4.78 is 47.2. The number of piperidine rings is 2. The number of likely N-dealkylation sites (tertiary alicyclic amines) is 2. The summed E-state index contributed by atoms with van der Waals surface area (Å²) in [6, 6.07) is 45.4. The third kappa shape index (κ3) is 14.3. The first-order valence-electron chi connectivity index (χ1n) is 31.0. The van der Waals surface area contributed by atoms with E-state index in [0.717, 1.165) is 28.7 Å². The van der Waals surface area contributed by atoms with Crippen molar-refractivity contribution in [2.75, 3.05) is 26.5 Å². The number of rotatable bonds is 22. The number of aromatic nitrogens is 4. The minimum absolute atomic E-state index is 0.0796. The van der Waals surface area contributed by atoms with Crippen molar-refractivity contribution in [2.24, 2.45) is 28.1 Å². The van der Waals surface area contributed by atoms with E-state index in [1.54, 1.807) is 94.4 Å². The average molecular weight is 1300 g/mol. The van der Waals surface area contributed by atoms with Gasteiger partial charge in [0.2, 0.25) is 24.3 Å². The van der Waals surface area contributed by atoms with Crippen LogP contribution in [0.5, 0.6) is 0 Å². The fourth-order valence-corrected chi connectivity index (χ4v) is 13.0. The Balaban J connectivity index is 0.000000211. The number of allylic oxidation sites excluding steroid dienone is 1. The Labute approximate surface area is 546 Å². The third-order valence-electron chi connectivity index (χ3n) is 17.8. The number of ether oxygens (including phenoxy) is 4. The van der Waals surface area contributed by atoms with E-state index in [1.165, 1.54) is 22.8 Å². The second-order valence-electron chi connectivity index (χ2n) is 25.3. The van der Waals surface area contributed by atoms with Crippen molar-refractivity contribution in [2.45, 2.75) is 98.4 Å². The molecule has 3 atom stereocenters. The van der Waals surface area contributed by atoms with Crippen molar-refractivity contribution in [1.82, 2.24) is 30.1 Å². The average Bonchev–Trinajstić information content (AvgIpc) is 1.69. The van der Waals surface area contributed by atoms with Crippen LogP contribution in [0.2, 0.25) is 0 Å². The van der Waals surface area contributed by atoms with Crippen LogP contribution in [0, 0.1) is 33.9 Å². The molecule has 6 aromatic carbocycles. The zero-order valence-corrected chi connectivity index (χ0v) is 53.3. The second-order valence-corrected chi connectivity index (χ2v) is 25.3. The Bertz CT molecular complexity index is 4070. The molecule has 11 rings (SSSR count). The summed E-state index contributed by atoms with van der Waals surface area (Å²) in [5, 5.41) is 49.4. The van der Waals surface area contributed by atoms with Gasteiger partial charge in [-0.1, -0.05) is 158 Å². The maximum atomic E-state index is 15.0. The third-order valence-corrected chi connectivity index (χ3v) is 17.8. The Kier molecular flexibility index (Phi) is 20.1. The lowest BCUT2D eigenvalue weighted by atomic mass is 9.51. The maximum absolute atomic E-state index is 15.0. The summed E-state index contributed by atoms with van der Waals surface area (Å²) in [7, 11) is 0. The Morgan fingerprint density at radius 1 is 0.653 bits per heavy atom.